The summed E-state index contributed by atoms with van der Waals surface area (Å²) < 4.78 is 17.6. The van der Waals surface area contributed by atoms with Crippen molar-refractivity contribution in [3.63, 3.8) is 0 Å². The number of amides is 2. The molecule has 21 nitrogen and oxygen atoms in total. The van der Waals surface area contributed by atoms with Gasteiger partial charge in [-0.2, -0.15) is 0 Å². The lowest BCUT2D eigenvalue weighted by Gasteiger charge is -2.19. The van der Waals surface area contributed by atoms with Gasteiger partial charge in [0.05, 0.1) is 64.5 Å². The first-order valence-electron chi connectivity index (χ1n) is 27.5. The van der Waals surface area contributed by atoms with Crippen molar-refractivity contribution in [2.45, 2.75) is 13.1 Å². The van der Waals surface area contributed by atoms with E-state index < -0.39 is 40.1 Å². The Labute approximate surface area is 579 Å². The maximum atomic E-state index is 12.2. The van der Waals surface area contributed by atoms with Crippen LogP contribution in [0, 0.1) is 0 Å². The summed E-state index contributed by atoms with van der Waals surface area (Å²) in [4.78, 5) is 93.5. The first-order valence-corrected chi connectivity index (χ1v) is 30.8. The number of carbonyl (C=O) groups excluding carboxylic acids is 2. The van der Waals surface area contributed by atoms with Crippen LogP contribution < -0.4 is 32.7 Å². The Morgan fingerprint density at radius 2 is 0.781 bits per heavy atom. The molecule has 29 heteroatoms. The molecule has 0 unspecified atom stereocenters. The van der Waals surface area contributed by atoms with Gasteiger partial charge in [0.15, 0.2) is 0 Å². The third-order valence-electron chi connectivity index (χ3n) is 14.5. The number of hydrogen-bond donors (Lipinski definition) is 10. The highest BCUT2D eigenvalue weighted by molar-refractivity contribution is 6.35. The van der Waals surface area contributed by atoms with Gasteiger partial charge in [0.1, 0.15) is 69.8 Å². The van der Waals surface area contributed by atoms with Crippen molar-refractivity contribution in [2.24, 2.45) is 5.73 Å². The van der Waals surface area contributed by atoms with E-state index >= 15 is 0 Å². The SMILES string of the molecule is NCc1c(O)c(Cl)cc2c(-c3ccccc3C(=O)O)c3cc(Cl)c(=O)cc-3oc12.O=C(CCl)NCO.O=C(CCl)NCc1c(O)c(Cl)cc2c(-c3ccccc3C(=O)O)c3cc(Cl)c(=O)cc-3oc12.O=C(O)c1ccccc1-c1c2cc(Cl)c(=O)cc-2oc2cc(O)c(Cl)cc12. The number of carboxylic acids is 3. The molecule has 6 aliphatic rings. The first-order chi connectivity index (χ1) is 45.7. The summed E-state index contributed by atoms with van der Waals surface area (Å²) in [5.74, 6) is -4.91. The Hall–Kier alpha value is -9.62. The summed E-state index contributed by atoms with van der Waals surface area (Å²) >= 11 is 47.3. The predicted molar refractivity (Wildman–Crippen MR) is 366 cm³/mol. The zero-order valence-corrected chi connectivity index (χ0v) is 54.5. The number of aromatic hydroxyl groups is 3. The van der Waals surface area contributed by atoms with Crippen LogP contribution in [0.2, 0.25) is 30.1 Å². The molecular formula is C67H43Cl8N3O18. The summed E-state index contributed by atoms with van der Waals surface area (Å²) in [7, 11) is 0. The van der Waals surface area contributed by atoms with Crippen LogP contribution in [0.25, 0.3) is 100 Å². The first kappa shape index (κ1) is 70.7. The lowest BCUT2D eigenvalue weighted by molar-refractivity contribution is -0.120. The van der Waals surface area contributed by atoms with Crippen molar-refractivity contribution in [2.75, 3.05) is 18.5 Å². The van der Waals surface area contributed by atoms with Crippen LogP contribution in [-0.4, -0.2) is 84.0 Å². The van der Waals surface area contributed by atoms with Crippen LogP contribution in [0.5, 0.6) is 17.2 Å². The molecule has 3 aliphatic carbocycles. The van der Waals surface area contributed by atoms with Crippen molar-refractivity contribution < 1.29 is 73.0 Å². The van der Waals surface area contributed by atoms with Crippen molar-refractivity contribution >= 4 is 155 Å². The van der Waals surface area contributed by atoms with Crippen molar-refractivity contribution in [1.82, 2.24) is 10.6 Å². The summed E-state index contributed by atoms with van der Waals surface area (Å²) in [6.07, 6.45) is 0. The number of nitrogens with one attached hydrogen (secondary N) is 2. The van der Waals surface area contributed by atoms with E-state index in [1.807, 2.05) is 0 Å². The number of aromatic carboxylic acids is 3. The number of aliphatic hydroxyl groups is 1. The number of hydrogen-bond acceptors (Lipinski definition) is 16. The fraction of sp³-hybridized carbons (Fsp3) is 0.0746. The Morgan fingerprint density at radius 1 is 0.427 bits per heavy atom. The largest absolute Gasteiger partial charge is 0.506 e. The number of benzene rings is 9. The molecule has 0 saturated heterocycles. The van der Waals surface area contributed by atoms with E-state index in [0.29, 0.717) is 66.2 Å². The van der Waals surface area contributed by atoms with Crippen LogP contribution in [-0.2, 0) is 22.7 Å². The molecule has 3 aliphatic heterocycles. The van der Waals surface area contributed by atoms with E-state index in [4.69, 9.17) is 117 Å². The van der Waals surface area contributed by atoms with Gasteiger partial charge >= 0.3 is 17.9 Å². The Balaban J connectivity index is 0.000000161. The minimum atomic E-state index is -1.17. The molecule has 2 amide bonds. The number of phenols is 3. The fourth-order valence-electron chi connectivity index (χ4n) is 10.3. The molecule has 0 atom stereocenters. The summed E-state index contributed by atoms with van der Waals surface area (Å²) in [5, 5.41) is 73.7. The number of carbonyl (C=O) groups is 5. The second-order valence-corrected chi connectivity index (χ2v) is 23.2. The minimum Gasteiger partial charge on any atom is -0.506 e. The van der Waals surface area contributed by atoms with E-state index in [2.05, 4.69) is 10.6 Å². The maximum absolute atomic E-state index is 12.2. The van der Waals surface area contributed by atoms with Crippen molar-refractivity contribution in [3.05, 3.63) is 222 Å². The standard InChI is InChI=1S/C23H14Cl3NO6.C21H13Cl2NO5.C20H10Cl2O5.C3H6ClNO2/c24-8-19(29)27-9-14-21(30)16(26)6-13-20(10-3-1-2-4-11(10)23(31)32)12-5-15(25)17(28)7-18(12)33-22(13)14;22-14-5-11-17(7-16(14)25)29-20-12(6-15(23)19(26)13(20)8-24)18(11)9-3-1-2-4-10(9)21(27)28;21-13-5-11-17(7-15(13)23)27-18-8-16(24)14(22)6-12(18)19(11)9-3-1-2-4-10(9)20(25)26;4-1-3(7)5-2-6/h1-7,30H,8-9H2,(H,27,29)(H,31,32);1-7,26H,8,24H2,(H,27,28);1-8,23H,(H,25,26);6H,1-2H2,(H,5,7). The van der Waals surface area contributed by atoms with Gasteiger partial charge in [-0.05, 0) is 71.3 Å². The number of carboxylic acid groups (broad SMARTS) is 3. The van der Waals surface area contributed by atoms with Crippen LogP contribution in [0.1, 0.15) is 42.2 Å². The highest BCUT2D eigenvalue weighted by atomic mass is 35.5. The van der Waals surface area contributed by atoms with Crippen LogP contribution >= 0.6 is 92.8 Å². The quantitative estimate of drug-likeness (QED) is 0.0308. The number of aliphatic hydroxyl groups excluding tert-OH is 1. The predicted octanol–water partition coefficient (Wildman–Crippen LogP) is 14.4. The summed E-state index contributed by atoms with van der Waals surface area (Å²) in [6, 6.07) is 32.7. The summed E-state index contributed by atoms with van der Waals surface area (Å²) in [5.41, 5.74) is 9.18. The molecule has 0 aromatic heterocycles. The molecule has 0 fully saturated rings. The van der Waals surface area contributed by atoms with Crippen molar-refractivity contribution in [3.8, 4) is 84.6 Å². The molecule has 490 valence electrons. The number of rotatable bonds is 12. The van der Waals surface area contributed by atoms with Gasteiger partial charge in [0.2, 0.25) is 28.1 Å². The Morgan fingerprint density at radius 3 is 1.16 bits per heavy atom. The third-order valence-corrected chi connectivity index (χ3v) is 16.7. The van der Waals surface area contributed by atoms with Gasteiger partial charge < -0.3 is 65.4 Å². The highest BCUT2D eigenvalue weighted by Crippen LogP contribution is 2.49. The second-order valence-electron chi connectivity index (χ2n) is 20.3. The van der Waals surface area contributed by atoms with Gasteiger partial charge in [-0.15, -0.1) is 23.2 Å². The van der Waals surface area contributed by atoms with Crippen LogP contribution in [0.4, 0.5) is 0 Å². The molecule has 6 aromatic rings. The molecule has 12 rings (SSSR count). The van der Waals surface area contributed by atoms with E-state index in [-0.39, 0.29) is 147 Å². The van der Waals surface area contributed by atoms with E-state index in [0.717, 1.165) is 0 Å². The van der Waals surface area contributed by atoms with Gasteiger partial charge in [0.25, 0.3) is 0 Å². The normalized spacial score (nSPS) is 11.0. The van der Waals surface area contributed by atoms with E-state index in [1.54, 1.807) is 54.6 Å². The smallest absolute Gasteiger partial charge is 0.336 e. The van der Waals surface area contributed by atoms with Gasteiger partial charge in [-0.1, -0.05) is 124 Å². The fourth-order valence-corrected chi connectivity index (χ4v) is 11.5. The monoisotopic (exact) mass is 1460 g/mol. The van der Waals surface area contributed by atoms with Gasteiger partial charge in [0, 0.05) is 80.3 Å². The van der Waals surface area contributed by atoms with Crippen LogP contribution in [0.15, 0.2) is 161 Å². The molecular weight excluding hydrogens is 1420 g/mol. The lowest BCUT2D eigenvalue weighted by atomic mass is 9.90. The number of phenolic OH excluding ortho intramolecular Hbond substituents is 3. The summed E-state index contributed by atoms with van der Waals surface area (Å²) in [6.45, 7) is -0.609. The Bertz CT molecular complexity index is 5230. The minimum absolute atomic E-state index is 0.00480. The van der Waals surface area contributed by atoms with Crippen molar-refractivity contribution in [1.29, 1.82) is 0 Å². The average Bonchev–Trinajstić information content (AvgIpc) is 0.746. The molecule has 0 radical (unpaired) electrons. The highest BCUT2D eigenvalue weighted by Gasteiger charge is 2.29. The van der Waals surface area contributed by atoms with Crippen LogP contribution in [0.3, 0.4) is 0 Å². The number of halogens is 8. The van der Waals surface area contributed by atoms with Gasteiger partial charge in [-0.3, -0.25) is 24.0 Å². The molecule has 0 spiro atoms. The number of fused-ring (bicyclic) bond motifs is 6. The molecule has 96 heavy (non-hydrogen) atoms. The number of nitrogens with two attached hydrogens (primary N) is 1. The molecule has 0 bridgehead atoms. The van der Waals surface area contributed by atoms with E-state index in [9.17, 15) is 69.0 Å². The lowest BCUT2D eigenvalue weighted by Crippen LogP contribution is -2.24. The second kappa shape index (κ2) is 30.0. The zero-order chi connectivity index (χ0) is 69.7. The molecule has 6 aromatic carbocycles. The average molecular weight is 1460 g/mol. The molecule has 0 saturated carbocycles. The number of alkyl halides is 2. The zero-order valence-electron chi connectivity index (χ0n) is 48.5. The third kappa shape index (κ3) is 14.5. The molecule has 11 N–H and O–H groups in total. The Kier molecular flexibility index (Phi) is 22.1. The molecule has 3 heterocycles. The van der Waals surface area contributed by atoms with E-state index in [1.165, 1.54) is 78.9 Å². The van der Waals surface area contributed by atoms with Gasteiger partial charge in [-0.25, -0.2) is 14.4 Å². The maximum Gasteiger partial charge on any atom is 0.336 e. The topological polar surface area (TPSA) is 368 Å².